The van der Waals surface area contributed by atoms with Gasteiger partial charge >= 0.3 is 0 Å². The number of hydrogen-bond acceptors (Lipinski definition) is 4. The molecule has 4 nitrogen and oxygen atoms in total. The van der Waals surface area contributed by atoms with E-state index in [9.17, 15) is 8.42 Å². The van der Waals surface area contributed by atoms with Crippen molar-refractivity contribution in [3.63, 3.8) is 0 Å². The number of hydrogen-bond donors (Lipinski definition) is 0. The zero-order chi connectivity index (χ0) is 17.5. The maximum absolute atomic E-state index is 12.8. The van der Waals surface area contributed by atoms with Gasteiger partial charge in [0.05, 0.1) is 5.02 Å². The summed E-state index contributed by atoms with van der Waals surface area (Å²) < 4.78 is 27.7. The number of rotatable bonds is 4. The molecule has 144 valence electrons. The van der Waals surface area contributed by atoms with Crippen molar-refractivity contribution in [1.82, 2.24) is 9.21 Å². The zero-order valence-corrected chi connectivity index (χ0v) is 18.4. The minimum atomic E-state index is -3.52. The fourth-order valence-electron chi connectivity index (χ4n) is 3.78. The highest BCUT2D eigenvalue weighted by molar-refractivity contribution is 7.91. The normalized spacial score (nSPS) is 26.1. The highest BCUT2D eigenvalue weighted by Gasteiger charge is 2.37. The van der Waals surface area contributed by atoms with E-state index in [1.54, 1.807) is 7.05 Å². The first-order valence-electron chi connectivity index (χ1n) is 8.46. The Bertz CT molecular complexity index is 668. The van der Waals surface area contributed by atoms with Gasteiger partial charge in [-0.05, 0) is 57.2 Å². The van der Waals surface area contributed by atoms with Gasteiger partial charge < -0.3 is 4.90 Å². The van der Waals surface area contributed by atoms with Crippen molar-refractivity contribution in [2.75, 3.05) is 20.1 Å². The summed E-state index contributed by atoms with van der Waals surface area (Å²) in [5.41, 5.74) is 0. The molecule has 2 aliphatic rings. The van der Waals surface area contributed by atoms with Gasteiger partial charge in [-0.1, -0.05) is 30.1 Å². The van der Waals surface area contributed by atoms with E-state index in [2.05, 4.69) is 11.8 Å². The third kappa shape index (κ3) is 4.65. The molecule has 0 aromatic carbocycles. The molecule has 2 heterocycles. The summed E-state index contributed by atoms with van der Waals surface area (Å²) in [6.07, 6.45) is 5.41. The monoisotopic (exact) mass is 446 g/mol. The SMILES string of the molecule is CC1CCN([C@@H]2CC[C@H](N(C)S(=O)(=O)c3cc(Cl)c(Cl)s3)C2)CC1.Cl. The first-order chi connectivity index (χ1) is 11.3. The lowest BCUT2D eigenvalue weighted by Crippen LogP contribution is -2.41. The van der Waals surface area contributed by atoms with Crippen LogP contribution in [0.1, 0.15) is 39.0 Å². The third-order valence-electron chi connectivity index (χ3n) is 5.48. The van der Waals surface area contributed by atoms with E-state index >= 15 is 0 Å². The van der Waals surface area contributed by atoms with E-state index in [4.69, 9.17) is 23.2 Å². The Balaban J connectivity index is 0.00000225. The first kappa shape index (κ1) is 21.7. The Hall–Kier alpha value is 0.440. The van der Waals surface area contributed by atoms with Gasteiger partial charge in [0.25, 0.3) is 10.0 Å². The molecule has 9 heteroatoms. The number of likely N-dealkylation sites (tertiary alicyclic amines) is 1. The molecule has 1 aliphatic heterocycles. The van der Waals surface area contributed by atoms with Crippen molar-refractivity contribution < 1.29 is 8.42 Å². The molecule has 0 unspecified atom stereocenters. The number of thiophene rings is 1. The minimum Gasteiger partial charge on any atom is -0.300 e. The van der Waals surface area contributed by atoms with Crippen LogP contribution in [-0.2, 0) is 10.0 Å². The molecule has 0 N–H and O–H groups in total. The maximum atomic E-state index is 12.8. The Kier molecular flexibility index (Phi) is 7.51. The topological polar surface area (TPSA) is 40.6 Å². The molecule has 2 atom stereocenters. The van der Waals surface area contributed by atoms with Gasteiger partial charge in [0.15, 0.2) is 0 Å². The van der Waals surface area contributed by atoms with E-state index in [1.807, 2.05) is 0 Å². The summed E-state index contributed by atoms with van der Waals surface area (Å²) >= 11 is 12.9. The molecule has 0 radical (unpaired) electrons. The summed E-state index contributed by atoms with van der Waals surface area (Å²) in [7, 11) is -1.84. The zero-order valence-electron chi connectivity index (χ0n) is 14.5. The molecule has 25 heavy (non-hydrogen) atoms. The summed E-state index contributed by atoms with van der Waals surface area (Å²) in [4.78, 5) is 2.55. The van der Waals surface area contributed by atoms with Crippen molar-refractivity contribution in [2.45, 2.75) is 55.3 Å². The molecule has 1 aliphatic carbocycles. The van der Waals surface area contributed by atoms with Crippen LogP contribution in [0.2, 0.25) is 9.36 Å². The van der Waals surface area contributed by atoms with Crippen molar-refractivity contribution in [1.29, 1.82) is 0 Å². The lowest BCUT2D eigenvalue weighted by Gasteiger charge is -2.35. The second-order valence-corrected chi connectivity index (χ2v) is 11.3. The molecule has 1 aromatic heterocycles. The van der Waals surface area contributed by atoms with Crippen LogP contribution in [0.5, 0.6) is 0 Å². The Morgan fingerprint density at radius 2 is 1.84 bits per heavy atom. The second kappa shape index (κ2) is 8.63. The van der Waals surface area contributed by atoms with Crippen molar-refractivity contribution >= 4 is 57.0 Å². The highest BCUT2D eigenvalue weighted by atomic mass is 35.5. The predicted octanol–water partition coefficient (Wildman–Crippen LogP) is 4.75. The van der Waals surface area contributed by atoms with Crippen molar-refractivity contribution in [2.24, 2.45) is 5.92 Å². The van der Waals surface area contributed by atoms with Crippen LogP contribution in [0.3, 0.4) is 0 Å². The lowest BCUT2D eigenvalue weighted by atomic mass is 9.97. The van der Waals surface area contributed by atoms with Crippen LogP contribution in [0, 0.1) is 5.92 Å². The molecule has 1 saturated heterocycles. The smallest absolute Gasteiger partial charge is 0.252 e. The van der Waals surface area contributed by atoms with Crippen LogP contribution in [-0.4, -0.2) is 49.8 Å². The Morgan fingerprint density at radius 3 is 2.40 bits per heavy atom. The average Bonchev–Trinajstić information content (AvgIpc) is 3.15. The maximum Gasteiger partial charge on any atom is 0.252 e. The molecule has 2 fully saturated rings. The van der Waals surface area contributed by atoms with Gasteiger partial charge in [0, 0.05) is 19.1 Å². The second-order valence-electron chi connectivity index (χ2n) is 7.05. The molecule has 1 aromatic rings. The van der Waals surface area contributed by atoms with Gasteiger partial charge in [-0.25, -0.2) is 8.42 Å². The number of nitrogens with zero attached hydrogens (tertiary/aromatic N) is 2. The molecule has 1 saturated carbocycles. The van der Waals surface area contributed by atoms with Crippen LogP contribution in [0.15, 0.2) is 10.3 Å². The van der Waals surface area contributed by atoms with E-state index in [1.165, 1.54) is 23.2 Å². The standard InChI is InChI=1S/C16H24Cl2N2O2S2.ClH/c1-11-5-7-20(8-6-11)13-4-3-12(9-13)19(2)24(21,22)15-10-14(17)16(18)23-15;/h10-13H,3-9H2,1-2H3;1H/t12-,13+;/m0./s1. The minimum absolute atomic E-state index is 0. The highest BCUT2D eigenvalue weighted by Crippen LogP contribution is 2.38. The summed E-state index contributed by atoms with van der Waals surface area (Å²) in [5.74, 6) is 0.815. The van der Waals surface area contributed by atoms with Gasteiger partial charge in [-0.2, -0.15) is 4.31 Å². The third-order valence-corrected chi connectivity index (χ3v) is 9.71. The molecular weight excluding hydrogens is 423 g/mol. The van der Waals surface area contributed by atoms with Crippen LogP contribution < -0.4 is 0 Å². The fourth-order valence-corrected chi connectivity index (χ4v) is 7.25. The van der Waals surface area contributed by atoms with E-state index in [0.29, 0.717) is 15.4 Å². The predicted molar refractivity (Wildman–Crippen MR) is 108 cm³/mol. The van der Waals surface area contributed by atoms with Gasteiger partial charge in [-0.3, -0.25) is 0 Å². The van der Waals surface area contributed by atoms with Gasteiger partial charge in [0.2, 0.25) is 0 Å². The Morgan fingerprint density at radius 1 is 1.20 bits per heavy atom. The van der Waals surface area contributed by atoms with E-state index in [0.717, 1.165) is 49.6 Å². The Labute approximate surface area is 170 Å². The molecule has 0 spiro atoms. The average molecular weight is 448 g/mol. The summed E-state index contributed by atoms with van der Waals surface area (Å²) in [6.45, 7) is 4.60. The van der Waals surface area contributed by atoms with Gasteiger partial charge in [0.1, 0.15) is 8.55 Å². The molecule has 3 rings (SSSR count). The van der Waals surface area contributed by atoms with Crippen LogP contribution in [0.25, 0.3) is 0 Å². The van der Waals surface area contributed by atoms with Gasteiger partial charge in [-0.15, -0.1) is 23.7 Å². The molecular formula is C16H25Cl3N2O2S2. The van der Waals surface area contributed by atoms with E-state index < -0.39 is 10.0 Å². The van der Waals surface area contributed by atoms with Crippen LogP contribution in [0.4, 0.5) is 0 Å². The van der Waals surface area contributed by atoms with Crippen LogP contribution >= 0.6 is 46.9 Å². The first-order valence-corrected chi connectivity index (χ1v) is 11.5. The fraction of sp³-hybridized carbons (Fsp3) is 0.750. The number of piperidine rings is 1. The molecule has 0 amide bonds. The quantitative estimate of drug-likeness (QED) is 0.668. The van der Waals surface area contributed by atoms with Crippen molar-refractivity contribution in [3.05, 3.63) is 15.4 Å². The number of sulfonamides is 1. The summed E-state index contributed by atoms with van der Waals surface area (Å²) in [6, 6.07) is 2.02. The largest absolute Gasteiger partial charge is 0.300 e. The van der Waals surface area contributed by atoms with E-state index in [-0.39, 0.29) is 22.7 Å². The van der Waals surface area contributed by atoms with Crippen molar-refractivity contribution in [3.8, 4) is 0 Å². The molecule has 0 bridgehead atoms. The lowest BCUT2D eigenvalue weighted by molar-refractivity contribution is 0.136. The number of halogens is 3. The summed E-state index contributed by atoms with van der Waals surface area (Å²) in [5, 5.41) is 0.306.